The third-order valence-electron chi connectivity index (χ3n) is 8.31. The lowest BCUT2D eigenvalue weighted by molar-refractivity contribution is -0.535. The zero-order valence-electron chi connectivity index (χ0n) is 22.4. The van der Waals surface area contributed by atoms with Crippen LogP contribution >= 0.6 is 23.1 Å². The van der Waals surface area contributed by atoms with Gasteiger partial charge in [0.15, 0.2) is 5.13 Å². The predicted molar refractivity (Wildman–Crippen MR) is 161 cm³/mol. The maximum Gasteiger partial charge on any atom is 0.362 e. The smallest absolute Gasteiger partial charge is 0.355 e. The highest BCUT2D eigenvalue weighted by atomic mass is 32.2. The third-order valence-corrected chi connectivity index (χ3v) is 10.4. The number of nitrogens with zero attached hydrogens (tertiary/aromatic N) is 6. The molecular weight excluding hydrogens is 496 g/mol. The van der Waals surface area contributed by atoms with Crippen molar-refractivity contribution in [2.75, 3.05) is 62.2 Å². The van der Waals surface area contributed by atoms with E-state index >= 15 is 0 Å². The Kier molecular flexibility index (Phi) is 8.52. The molecule has 0 aromatic carbocycles. The van der Waals surface area contributed by atoms with Crippen molar-refractivity contribution in [1.29, 1.82) is 0 Å². The summed E-state index contributed by atoms with van der Waals surface area (Å²) < 4.78 is 2.52. The van der Waals surface area contributed by atoms with Crippen LogP contribution in [-0.2, 0) is 0 Å². The van der Waals surface area contributed by atoms with Crippen LogP contribution in [0.1, 0.15) is 81.9 Å². The summed E-state index contributed by atoms with van der Waals surface area (Å²) in [6.07, 6.45) is 22.7. The molecule has 0 aliphatic carbocycles. The molecule has 0 bridgehead atoms. The number of likely N-dealkylation sites (tertiary alicyclic amines) is 1. The van der Waals surface area contributed by atoms with Crippen molar-refractivity contribution >= 4 is 51.1 Å². The molecule has 0 amide bonds. The van der Waals surface area contributed by atoms with E-state index in [2.05, 4.69) is 37.5 Å². The van der Waals surface area contributed by atoms with Crippen LogP contribution in [0.25, 0.3) is 6.08 Å². The molecule has 1 aromatic heterocycles. The number of thioether (sulfide) groups is 1. The van der Waals surface area contributed by atoms with Gasteiger partial charge in [-0.25, -0.2) is 4.98 Å². The summed E-state index contributed by atoms with van der Waals surface area (Å²) in [4.78, 5) is 20.7. The minimum atomic E-state index is 1.14. The minimum Gasteiger partial charge on any atom is -0.355 e. The van der Waals surface area contributed by atoms with Gasteiger partial charge in [0.1, 0.15) is 5.82 Å². The summed E-state index contributed by atoms with van der Waals surface area (Å²) in [6, 6.07) is 0. The van der Waals surface area contributed by atoms with E-state index in [1.165, 1.54) is 109 Å². The van der Waals surface area contributed by atoms with E-state index in [9.17, 15) is 0 Å². The van der Waals surface area contributed by atoms with Gasteiger partial charge in [-0.15, -0.1) is 0 Å². The molecule has 6 heterocycles. The van der Waals surface area contributed by atoms with Crippen molar-refractivity contribution in [2.24, 2.45) is 4.99 Å². The molecule has 0 unspecified atom stereocenters. The van der Waals surface area contributed by atoms with Crippen molar-refractivity contribution in [1.82, 2.24) is 9.88 Å². The Morgan fingerprint density at radius 2 is 1.27 bits per heavy atom. The molecule has 0 spiro atoms. The average Bonchev–Trinajstić information content (AvgIpc) is 3.60. The summed E-state index contributed by atoms with van der Waals surface area (Å²) in [5.41, 5.74) is 0. The van der Waals surface area contributed by atoms with Gasteiger partial charge in [-0.3, -0.25) is 4.58 Å². The zero-order chi connectivity index (χ0) is 24.9. The summed E-state index contributed by atoms with van der Waals surface area (Å²) in [7, 11) is 0. The third kappa shape index (κ3) is 6.11. The first-order chi connectivity index (χ1) is 18.3. The number of rotatable bonds is 4. The number of hydrogen-bond acceptors (Lipinski definition) is 6. The maximum atomic E-state index is 5.22. The van der Waals surface area contributed by atoms with E-state index in [0.717, 1.165) is 52.4 Å². The van der Waals surface area contributed by atoms with Crippen LogP contribution in [0.3, 0.4) is 0 Å². The highest BCUT2D eigenvalue weighted by Crippen LogP contribution is 2.36. The number of hydrogen-bond donors (Lipinski definition) is 0. The molecule has 200 valence electrons. The Labute approximate surface area is 231 Å². The van der Waals surface area contributed by atoms with Crippen LogP contribution in [-0.4, -0.2) is 77.8 Å². The van der Waals surface area contributed by atoms with Crippen molar-refractivity contribution in [3.8, 4) is 0 Å². The number of amidine groups is 2. The highest BCUT2D eigenvalue weighted by Gasteiger charge is 2.35. The molecule has 37 heavy (non-hydrogen) atoms. The van der Waals surface area contributed by atoms with Gasteiger partial charge in [0.2, 0.25) is 0 Å². The molecule has 4 fully saturated rings. The molecule has 8 heteroatoms. The number of piperidine rings is 4. The van der Waals surface area contributed by atoms with E-state index in [-0.39, 0.29) is 0 Å². The lowest BCUT2D eigenvalue weighted by Crippen LogP contribution is -2.35. The van der Waals surface area contributed by atoms with Crippen molar-refractivity contribution in [2.45, 2.75) is 77.0 Å². The van der Waals surface area contributed by atoms with Crippen molar-refractivity contribution < 1.29 is 4.58 Å². The molecule has 6 nitrogen and oxygen atoms in total. The molecular formula is C29H43N6S2+. The summed E-state index contributed by atoms with van der Waals surface area (Å²) in [5, 5.41) is 2.44. The number of aromatic nitrogens is 1. The van der Waals surface area contributed by atoms with E-state index in [4.69, 9.17) is 9.98 Å². The minimum absolute atomic E-state index is 1.14. The lowest BCUT2D eigenvalue weighted by Gasteiger charge is -2.28. The van der Waals surface area contributed by atoms with Gasteiger partial charge >= 0.3 is 5.17 Å². The summed E-state index contributed by atoms with van der Waals surface area (Å²) >= 11 is 3.78. The maximum absolute atomic E-state index is 5.22. The Morgan fingerprint density at radius 1 is 0.676 bits per heavy atom. The quantitative estimate of drug-likeness (QED) is 0.426. The number of thiazole rings is 1. The Morgan fingerprint density at radius 3 is 1.95 bits per heavy atom. The second kappa shape index (κ2) is 12.4. The summed E-state index contributed by atoms with van der Waals surface area (Å²) in [6.45, 7) is 9.18. The number of allylic oxidation sites excluding steroid dienone is 2. The standard InChI is InChI=1S/C29H43N6S2/c1-5-16-32(17-6-1)26-24(36-28(30-26)34-20-9-3-10-21-34)14-13-15-25-27(33-18-7-2-8-19-33)31-29(37-25)35-22-11-4-12-23-35/h13-15H,1-12,16-23H2/q+1. The van der Waals surface area contributed by atoms with Crippen LogP contribution in [0.4, 0.5) is 10.9 Å². The fraction of sp³-hybridized carbons (Fsp3) is 0.690. The SMILES string of the molecule is C(/C=C/c1sc(N2CCCCC2)nc1N1CCCCC1)=C1/SC(=[N+]2CCCCC2)N=C1N1CCCCC1. The fourth-order valence-corrected chi connectivity index (χ4v) is 8.28. The van der Waals surface area contributed by atoms with Gasteiger partial charge in [-0.05, 0) is 94.2 Å². The molecule has 4 saturated heterocycles. The van der Waals surface area contributed by atoms with E-state index < -0.39 is 0 Å². The van der Waals surface area contributed by atoms with Gasteiger partial charge in [0, 0.05) is 51.0 Å². The molecule has 6 rings (SSSR count). The Hall–Kier alpha value is -1.80. The van der Waals surface area contributed by atoms with Crippen LogP contribution < -0.4 is 9.80 Å². The molecule has 0 saturated carbocycles. The van der Waals surface area contributed by atoms with Crippen molar-refractivity contribution in [3.63, 3.8) is 0 Å². The zero-order valence-corrected chi connectivity index (χ0v) is 24.0. The van der Waals surface area contributed by atoms with E-state index in [1.54, 1.807) is 0 Å². The van der Waals surface area contributed by atoms with E-state index in [0.29, 0.717) is 0 Å². The Bertz CT molecular complexity index is 1040. The predicted octanol–water partition coefficient (Wildman–Crippen LogP) is 6.20. The number of anilines is 2. The molecule has 5 aliphatic heterocycles. The van der Waals surface area contributed by atoms with Crippen LogP contribution in [0.2, 0.25) is 0 Å². The van der Waals surface area contributed by atoms with Gasteiger partial charge in [-0.1, -0.05) is 17.4 Å². The first-order valence-electron chi connectivity index (χ1n) is 14.9. The first-order valence-corrected chi connectivity index (χ1v) is 16.5. The molecule has 1 aromatic rings. The van der Waals surface area contributed by atoms with Crippen LogP contribution in [0.5, 0.6) is 0 Å². The molecule has 0 N–H and O–H groups in total. The largest absolute Gasteiger partial charge is 0.362 e. The topological polar surface area (TPSA) is 38.0 Å². The molecule has 0 radical (unpaired) electrons. The second-order valence-corrected chi connectivity index (χ2v) is 13.1. The normalized spacial score (nSPS) is 25.0. The van der Waals surface area contributed by atoms with E-state index in [1.807, 2.05) is 23.1 Å². The van der Waals surface area contributed by atoms with Gasteiger partial charge in [0.25, 0.3) is 5.84 Å². The highest BCUT2D eigenvalue weighted by molar-refractivity contribution is 8.18. The molecule has 5 aliphatic rings. The number of aliphatic imine (C=N–C) groups is 1. The first kappa shape index (κ1) is 25.5. The van der Waals surface area contributed by atoms with Gasteiger partial charge < -0.3 is 14.7 Å². The Balaban J connectivity index is 1.26. The van der Waals surface area contributed by atoms with Gasteiger partial charge in [-0.2, -0.15) is 0 Å². The fourth-order valence-electron chi connectivity index (χ4n) is 6.17. The van der Waals surface area contributed by atoms with Gasteiger partial charge in [0.05, 0.1) is 22.9 Å². The lowest BCUT2D eigenvalue weighted by atomic mass is 10.1. The van der Waals surface area contributed by atoms with Crippen molar-refractivity contribution in [3.05, 3.63) is 21.9 Å². The van der Waals surface area contributed by atoms with Crippen LogP contribution in [0.15, 0.2) is 22.0 Å². The van der Waals surface area contributed by atoms with Crippen LogP contribution in [0, 0.1) is 0 Å². The average molecular weight is 540 g/mol. The monoisotopic (exact) mass is 539 g/mol. The second-order valence-electron chi connectivity index (χ2n) is 11.1. The molecule has 0 atom stereocenters. The summed E-state index contributed by atoms with van der Waals surface area (Å²) in [5.74, 6) is 2.42.